The summed E-state index contributed by atoms with van der Waals surface area (Å²) in [7, 11) is 0. The van der Waals surface area contributed by atoms with E-state index in [1.165, 1.54) is 0 Å². The lowest BCUT2D eigenvalue weighted by Gasteiger charge is -2.03. The molecule has 6 heteroatoms. The van der Waals surface area contributed by atoms with Crippen LogP contribution in [0.5, 0.6) is 0 Å². The third kappa shape index (κ3) is 2.95. The van der Waals surface area contributed by atoms with Gasteiger partial charge < -0.3 is 9.84 Å². The number of amidine groups is 1. The summed E-state index contributed by atoms with van der Waals surface area (Å²) in [4.78, 5) is 8.48. The molecule has 0 saturated carbocycles. The van der Waals surface area contributed by atoms with Crippen LogP contribution in [0.25, 0.3) is 0 Å². The van der Waals surface area contributed by atoms with Gasteiger partial charge in [-0.15, -0.1) is 0 Å². The maximum absolute atomic E-state index is 5.00. The van der Waals surface area contributed by atoms with Crippen molar-refractivity contribution in [2.24, 2.45) is 4.99 Å². The number of rotatable bonds is 3. The first kappa shape index (κ1) is 10.5. The van der Waals surface area contributed by atoms with Gasteiger partial charge in [0.15, 0.2) is 11.0 Å². The lowest BCUT2D eigenvalue weighted by atomic mass is 10.4. The Hall–Kier alpha value is -1.04. The number of aliphatic imine (C=N–C) groups is 1. The van der Waals surface area contributed by atoms with Gasteiger partial charge in [-0.2, -0.15) is 4.98 Å². The van der Waals surface area contributed by atoms with Crippen LogP contribution in [-0.4, -0.2) is 33.6 Å². The van der Waals surface area contributed by atoms with E-state index in [1.807, 2.05) is 6.92 Å². The minimum Gasteiger partial charge on any atom is -0.364 e. The molecular weight excluding hydrogens is 212 g/mol. The highest BCUT2D eigenvalue weighted by atomic mass is 32.2. The van der Waals surface area contributed by atoms with Gasteiger partial charge in [0.05, 0.1) is 6.54 Å². The van der Waals surface area contributed by atoms with Crippen molar-refractivity contribution in [3.63, 3.8) is 0 Å². The van der Waals surface area contributed by atoms with Gasteiger partial charge in [0, 0.05) is 18.2 Å². The number of aromatic nitrogens is 2. The van der Waals surface area contributed by atoms with Gasteiger partial charge in [0.2, 0.25) is 5.89 Å². The molecule has 1 N–H and O–H groups in total. The molecule has 1 aliphatic rings. The quantitative estimate of drug-likeness (QED) is 0.833. The van der Waals surface area contributed by atoms with Crippen LogP contribution in [0.4, 0.5) is 0 Å². The molecule has 0 aliphatic carbocycles. The van der Waals surface area contributed by atoms with E-state index in [-0.39, 0.29) is 0 Å². The van der Waals surface area contributed by atoms with E-state index >= 15 is 0 Å². The van der Waals surface area contributed by atoms with Crippen LogP contribution < -0.4 is 5.32 Å². The third-order valence-electron chi connectivity index (χ3n) is 1.99. The molecule has 0 bridgehead atoms. The molecule has 2 heterocycles. The van der Waals surface area contributed by atoms with Crippen LogP contribution in [0.2, 0.25) is 0 Å². The molecule has 0 fully saturated rings. The summed E-state index contributed by atoms with van der Waals surface area (Å²) in [6.45, 7) is 5.69. The van der Waals surface area contributed by atoms with Gasteiger partial charge in [-0.1, -0.05) is 23.8 Å². The highest BCUT2D eigenvalue weighted by molar-refractivity contribution is 8.14. The summed E-state index contributed by atoms with van der Waals surface area (Å²) in [5, 5.41) is 8.61. The molecule has 2 rings (SSSR count). The summed E-state index contributed by atoms with van der Waals surface area (Å²) >= 11 is 1.78. The monoisotopic (exact) mass is 226 g/mol. The van der Waals surface area contributed by atoms with E-state index in [0.29, 0.717) is 17.0 Å². The molecule has 0 saturated heterocycles. The number of nitrogens with one attached hydrogen (secondary N) is 1. The van der Waals surface area contributed by atoms with Crippen LogP contribution in [0.1, 0.15) is 18.6 Å². The SMILES string of the molecule is Cc1noc(CCNC2=NCC(C)S2)n1. The average Bonchev–Trinajstić information content (AvgIpc) is 2.76. The Bertz CT molecular complexity index is 363. The minimum absolute atomic E-state index is 0.596. The summed E-state index contributed by atoms with van der Waals surface area (Å²) in [6, 6.07) is 0. The van der Waals surface area contributed by atoms with Crippen molar-refractivity contribution in [2.75, 3.05) is 13.1 Å². The molecule has 5 nitrogen and oxygen atoms in total. The number of aryl methyl sites for hydroxylation is 1. The predicted molar refractivity (Wildman–Crippen MR) is 60.1 cm³/mol. The van der Waals surface area contributed by atoms with Crippen molar-refractivity contribution in [1.29, 1.82) is 0 Å². The molecule has 0 spiro atoms. The van der Waals surface area contributed by atoms with E-state index in [1.54, 1.807) is 11.8 Å². The molecule has 1 atom stereocenters. The predicted octanol–water partition coefficient (Wildman–Crippen LogP) is 1.00. The van der Waals surface area contributed by atoms with Gasteiger partial charge >= 0.3 is 0 Å². The van der Waals surface area contributed by atoms with E-state index in [9.17, 15) is 0 Å². The molecule has 0 amide bonds. The molecule has 0 aromatic carbocycles. The second-order valence-corrected chi connectivity index (χ2v) is 4.91. The Balaban J connectivity index is 1.71. The van der Waals surface area contributed by atoms with Gasteiger partial charge in [0.25, 0.3) is 0 Å². The summed E-state index contributed by atoms with van der Waals surface area (Å²) < 4.78 is 5.00. The molecule has 1 aliphatic heterocycles. The van der Waals surface area contributed by atoms with Gasteiger partial charge in [-0.25, -0.2) is 0 Å². The Kier molecular flexibility index (Phi) is 3.25. The van der Waals surface area contributed by atoms with Crippen molar-refractivity contribution >= 4 is 16.9 Å². The highest BCUT2D eigenvalue weighted by Gasteiger charge is 2.14. The molecule has 1 unspecified atom stereocenters. The van der Waals surface area contributed by atoms with Crippen molar-refractivity contribution in [2.45, 2.75) is 25.5 Å². The molecular formula is C9H14N4OS. The van der Waals surface area contributed by atoms with Crippen LogP contribution in [-0.2, 0) is 6.42 Å². The lowest BCUT2D eigenvalue weighted by Crippen LogP contribution is -2.22. The first-order chi connectivity index (χ1) is 7.24. The van der Waals surface area contributed by atoms with Gasteiger partial charge in [-0.3, -0.25) is 4.99 Å². The zero-order valence-electron chi connectivity index (χ0n) is 8.86. The fraction of sp³-hybridized carbons (Fsp3) is 0.667. The van der Waals surface area contributed by atoms with Gasteiger partial charge in [-0.05, 0) is 6.92 Å². The number of hydrogen-bond donors (Lipinski definition) is 1. The summed E-state index contributed by atoms with van der Waals surface area (Å²) in [6.07, 6.45) is 0.745. The maximum atomic E-state index is 5.00. The van der Waals surface area contributed by atoms with Gasteiger partial charge in [0.1, 0.15) is 0 Å². The topological polar surface area (TPSA) is 63.3 Å². The molecule has 15 heavy (non-hydrogen) atoms. The first-order valence-electron chi connectivity index (χ1n) is 4.98. The fourth-order valence-corrected chi connectivity index (χ4v) is 2.16. The van der Waals surface area contributed by atoms with Crippen LogP contribution in [0.15, 0.2) is 9.52 Å². The van der Waals surface area contributed by atoms with E-state index in [2.05, 4.69) is 27.4 Å². The van der Waals surface area contributed by atoms with Crippen molar-refractivity contribution in [3.8, 4) is 0 Å². The summed E-state index contributed by atoms with van der Waals surface area (Å²) in [5.74, 6) is 1.36. The van der Waals surface area contributed by atoms with E-state index in [0.717, 1.165) is 24.7 Å². The zero-order chi connectivity index (χ0) is 10.7. The molecule has 0 radical (unpaired) electrons. The van der Waals surface area contributed by atoms with Crippen molar-refractivity contribution in [3.05, 3.63) is 11.7 Å². The normalized spacial score (nSPS) is 20.4. The van der Waals surface area contributed by atoms with Crippen molar-refractivity contribution < 1.29 is 4.52 Å². The largest absolute Gasteiger partial charge is 0.364 e. The smallest absolute Gasteiger partial charge is 0.228 e. The fourth-order valence-electron chi connectivity index (χ4n) is 1.29. The Labute approximate surface area is 92.7 Å². The maximum Gasteiger partial charge on any atom is 0.228 e. The number of hydrogen-bond acceptors (Lipinski definition) is 6. The zero-order valence-corrected chi connectivity index (χ0v) is 9.67. The minimum atomic E-state index is 0.596. The molecule has 1 aromatic heterocycles. The summed E-state index contributed by atoms with van der Waals surface area (Å²) in [5.41, 5.74) is 0. The van der Waals surface area contributed by atoms with E-state index in [4.69, 9.17) is 4.52 Å². The van der Waals surface area contributed by atoms with E-state index < -0.39 is 0 Å². The lowest BCUT2D eigenvalue weighted by molar-refractivity contribution is 0.375. The Morgan fingerprint density at radius 3 is 3.07 bits per heavy atom. The highest BCUT2D eigenvalue weighted by Crippen LogP contribution is 2.18. The van der Waals surface area contributed by atoms with Crippen molar-refractivity contribution in [1.82, 2.24) is 15.5 Å². The average molecular weight is 226 g/mol. The standard InChI is InChI=1S/C9H14N4OS/c1-6-5-11-9(15-6)10-4-3-8-12-7(2)13-14-8/h6H,3-5H2,1-2H3,(H,10,11). The van der Waals surface area contributed by atoms with Crippen LogP contribution >= 0.6 is 11.8 Å². The number of nitrogens with zero attached hydrogens (tertiary/aromatic N) is 3. The molecule has 82 valence electrons. The van der Waals surface area contributed by atoms with Crippen LogP contribution in [0, 0.1) is 6.92 Å². The van der Waals surface area contributed by atoms with Crippen LogP contribution in [0.3, 0.4) is 0 Å². The Morgan fingerprint density at radius 1 is 1.60 bits per heavy atom. The third-order valence-corrected chi connectivity index (χ3v) is 3.04. The second kappa shape index (κ2) is 4.65. The Morgan fingerprint density at radius 2 is 2.47 bits per heavy atom. The first-order valence-corrected chi connectivity index (χ1v) is 5.86. The second-order valence-electron chi connectivity index (χ2n) is 3.49. The molecule has 1 aromatic rings. The number of thioether (sulfide) groups is 1.